The van der Waals surface area contributed by atoms with Gasteiger partial charge in [0, 0.05) is 6.20 Å². The van der Waals surface area contributed by atoms with Crippen LogP contribution < -0.4 is 11.3 Å². The molecule has 1 heterocycles. The van der Waals surface area contributed by atoms with Crippen molar-refractivity contribution in [1.82, 2.24) is 15.6 Å². The van der Waals surface area contributed by atoms with Gasteiger partial charge in [-0.25, -0.2) is 0 Å². The molecule has 1 aromatic rings. The van der Waals surface area contributed by atoms with Gasteiger partial charge in [0.1, 0.15) is 0 Å². The summed E-state index contributed by atoms with van der Waals surface area (Å²) in [7, 11) is 0. The molecule has 0 saturated heterocycles. The van der Waals surface area contributed by atoms with Crippen molar-refractivity contribution in [3.05, 3.63) is 24.0 Å². The van der Waals surface area contributed by atoms with Crippen LogP contribution in [-0.4, -0.2) is 10.2 Å². The zero-order valence-electron chi connectivity index (χ0n) is 8.19. The standard InChI is InChI=1S/C10H16N4/c11-14-10(8-3-1-2-4-8)9-5-6-12-13-7-9/h5-8,10,14H,1-4,11H2. The summed E-state index contributed by atoms with van der Waals surface area (Å²) in [5.74, 6) is 6.24. The highest BCUT2D eigenvalue weighted by Crippen LogP contribution is 2.34. The quantitative estimate of drug-likeness (QED) is 0.557. The first-order valence-electron chi connectivity index (χ1n) is 5.14. The van der Waals surface area contributed by atoms with Gasteiger partial charge in [-0.1, -0.05) is 12.8 Å². The van der Waals surface area contributed by atoms with Crippen LogP contribution in [-0.2, 0) is 0 Å². The van der Waals surface area contributed by atoms with Gasteiger partial charge in [-0.15, -0.1) is 0 Å². The first-order valence-corrected chi connectivity index (χ1v) is 5.14. The van der Waals surface area contributed by atoms with E-state index in [-0.39, 0.29) is 6.04 Å². The predicted octanol–water partition coefficient (Wildman–Crippen LogP) is 1.17. The summed E-state index contributed by atoms with van der Waals surface area (Å²) in [4.78, 5) is 0. The van der Waals surface area contributed by atoms with Gasteiger partial charge in [0.25, 0.3) is 0 Å². The van der Waals surface area contributed by atoms with Gasteiger partial charge in [-0.05, 0) is 30.4 Å². The second-order valence-corrected chi connectivity index (χ2v) is 3.86. The second kappa shape index (κ2) is 4.48. The molecule has 1 atom stereocenters. The molecule has 4 nitrogen and oxygen atoms in total. The Morgan fingerprint density at radius 2 is 2.14 bits per heavy atom. The molecule has 1 aliphatic rings. The molecular weight excluding hydrogens is 176 g/mol. The van der Waals surface area contributed by atoms with Gasteiger partial charge in [0.05, 0.1) is 12.2 Å². The Labute approximate surface area is 83.9 Å². The average molecular weight is 192 g/mol. The Hall–Kier alpha value is -1.00. The van der Waals surface area contributed by atoms with Gasteiger partial charge in [-0.2, -0.15) is 10.2 Å². The van der Waals surface area contributed by atoms with Crippen LogP contribution in [0.5, 0.6) is 0 Å². The van der Waals surface area contributed by atoms with Gasteiger partial charge >= 0.3 is 0 Å². The monoisotopic (exact) mass is 192 g/mol. The Morgan fingerprint density at radius 1 is 1.36 bits per heavy atom. The van der Waals surface area contributed by atoms with Crippen LogP contribution in [0.2, 0.25) is 0 Å². The van der Waals surface area contributed by atoms with Crippen molar-refractivity contribution < 1.29 is 0 Å². The maximum Gasteiger partial charge on any atom is 0.0544 e. The third kappa shape index (κ3) is 1.91. The smallest absolute Gasteiger partial charge is 0.0544 e. The highest BCUT2D eigenvalue weighted by Gasteiger charge is 2.25. The molecule has 0 bridgehead atoms. The fourth-order valence-corrected chi connectivity index (χ4v) is 2.28. The average Bonchev–Trinajstić information content (AvgIpc) is 2.74. The SMILES string of the molecule is NNC(c1ccnnc1)C1CCCC1. The molecule has 0 radical (unpaired) electrons. The molecule has 1 aliphatic carbocycles. The molecule has 0 amide bonds. The molecule has 4 heteroatoms. The summed E-state index contributed by atoms with van der Waals surface area (Å²) in [6, 6.07) is 2.23. The number of nitrogens with two attached hydrogens (primary N) is 1. The molecule has 1 unspecified atom stereocenters. The third-order valence-electron chi connectivity index (χ3n) is 3.02. The predicted molar refractivity (Wildman–Crippen MR) is 54.1 cm³/mol. The zero-order valence-corrected chi connectivity index (χ0v) is 8.19. The van der Waals surface area contributed by atoms with Gasteiger partial charge in [-0.3, -0.25) is 11.3 Å². The summed E-state index contributed by atoms with van der Waals surface area (Å²) in [5.41, 5.74) is 4.04. The van der Waals surface area contributed by atoms with Gasteiger partial charge in [0.2, 0.25) is 0 Å². The van der Waals surface area contributed by atoms with Crippen molar-refractivity contribution in [2.24, 2.45) is 11.8 Å². The molecule has 1 saturated carbocycles. The number of hydrazine groups is 1. The maximum absolute atomic E-state index is 5.59. The van der Waals surface area contributed by atoms with Crippen LogP contribution in [0.4, 0.5) is 0 Å². The number of nitrogens with zero attached hydrogens (tertiary/aromatic N) is 2. The van der Waals surface area contributed by atoms with E-state index < -0.39 is 0 Å². The molecule has 76 valence electrons. The van der Waals surface area contributed by atoms with E-state index in [0.717, 1.165) is 5.56 Å². The fraction of sp³-hybridized carbons (Fsp3) is 0.600. The Bertz CT molecular complexity index is 269. The van der Waals surface area contributed by atoms with Crippen molar-refractivity contribution in [2.45, 2.75) is 31.7 Å². The highest BCUT2D eigenvalue weighted by atomic mass is 15.2. The number of hydrogen-bond acceptors (Lipinski definition) is 4. The van der Waals surface area contributed by atoms with Crippen molar-refractivity contribution in [3.63, 3.8) is 0 Å². The lowest BCUT2D eigenvalue weighted by molar-refractivity contribution is 0.372. The third-order valence-corrected chi connectivity index (χ3v) is 3.02. The fourth-order valence-electron chi connectivity index (χ4n) is 2.28. The number of nitrogens with one attached hydrogen (secondary N) is 1. The van der Waals surface area contributed by atoms with E-state index in [9.17, 15) is 0 Å². The summed E-state index contributed by atoms with van der Waals surface area (Å²) >= 11 is 0. The van der Waals surface area contributed by atoms with Crippen LogP contribution in [0.3, 0.4) is 0 Å². The molecule has 0 aromatic carbocycles. The number of rotatable bonds is 3. The molecular formula is C10H16N4. The first kappa shape index (κ1) is 9.55. The molecule has 1 fully saturated rings. The first-order chi connectivity index (χ1) is 6.92. The lowest BCUT2D eigenvalue weighted by Crippen LogP contribution is -2.32. The normalized spacial score (nSPS) is 19.8. The minimum Gasteiger partial charge on any atom is -0.271 e. The second-order valence-electron chi connectivity index (χ2n) is 3.86. The minimum absolute atomic E-state index is 0.244. The number of aromatic nitrogens is 2. The summed E-state index contributed by atoms with van der Waals surface area (Å²) < 4.78 is 0. The lowest BCUT2D eigenvalue weighted by atomic mass is 9.93. The van der Waals surface area contributed by atoms with Crippen LogP contribution in [0, 0.1) is 5.92 Å². The van der Waals surface area contributed by atoms with E-state index in [1.54, 1.807) is 12.4 Å². The van der Waals surface area contributed by atoms with Gasteiger partial charge < -0.3 is 0 Å². The summed E-state index contributed by atoms with van der Waals surface area (Å²) in [6.45, 7) is 0. The largest absolute Gasteiger partial charge is 0.271 e. The summed E-state index contributed by atoms with van der Waals surface area (Å²) in [6.07, 6.45) is 8.68. The molecule has 0 spiro atoms. The van der Waals surface area contributed by atoms with E-state index in [1.807, 2.05) is 6.07 Å². The van der Waals surface area contributed by atoms with Crippen molar-refractivity contribution >= 4 is 0 Å². The van der Waals surface area contributed by atoms with E-state index >= 15 is 0 Å². The highest BCUT2D eigenvalue weighted by molar-refractivity contribution is 5.12. The molecule has 1 aromatic heterocycles. The Kier molecular flexibility index (Phi) is 3.06. The Balaban J connectivity index is 2.12. The van der Waals surface area contributed by atoms with Crippen LogP contribution in [0.1, 0.15) is 37.3 Å². The maximum atomic E-state index is 5.59. The van der Waals surface area contributed by atoms with Crippen molar-refractivity contribution in [2.75, 3.05) is 0 Å². The van der Waals surface area contributed by atoms with Crippen molar-refractivity contribution in [1.29, 1.82) is 0 Å². The topological polar surface area (TPSA) is 63.8 Å². The number of hydrogen-bond donors (Lipinski definition) is 2. The van der Waals surface area contributed by atoms with Crippen LogP contribution in [0.15, 0.2) is 18.5 Å². The zero-order chi connectivity index (χ0) is 9.80. The van der Waals surface area contributed by atoms with Gasteiger partial charge in [0.15, 0.2) is 0 Å². The van der Waals surface area contributed by atoms with E-state index in [1.165, 1.54) is 25.7 Å². The minimum atomic E-state index is 0.244. The van der Waals surface area contributed by atoms with E-state index in [2.05, 4.69) is 15.6 Å². The van der Waals surface area contributed by atoms with Crippen LogP contribution in [0.25, 0.3) is 0 Å². The molecule has 2 rings (SSSR count). The molecule has 0 aliphatic heterocycles. The van der Waals surface area contributed by atoms with Crippen LogP contribution >= 0.6 is 0 Å². The van der Waals surface area contributed by atoms with E-state index in [0.29, 0.717) is 5.92 Å². The Morgan fingerprint density at radius 3 is 2.71 bits per heavy atom. The van der Waals surface area contributed by atoms with E-state index in [4.69, 9.17) is 5.84 Å². The molecule has 3 N–H and O–H groups in total. The van der Waals surface area contributed by atoms with Crippen molar-refractivity contribution in [3.8, 4) is 0 Å². The lowest BCUT2D eigenvalue weighted by Gasteiger charge is -2.22. The molecule has 14 heavy (non-hydrogen) atoms. The summed E-state index contributed by atoms with van der Waals surface area (Å²) in [5, 5.41) is 7.65.